The summed E-state index contributed by atoms with van der Waals surface area (Å²) in [7, 11) is 6.56. The Hall–Kier alpha value is 0.0129. The van der Waals surface area contributed by atoms with E-state index in [2.05, 4.69) is 86.3 Å². The molecule has 0 spiro atoms. The van der Waals surface area contributed by atoms with E-state index in [1.54, 1.807) is 0 Å². The van der Waals surface area contributed by atoms with Crippen LogP contribution in [0.3, 0.4) is 0 Å². The van der Waals surface area contributed by atoms with Gasteiger partial charge in [0, 0.05) is 0 Å². The number of hydrogen-bond donors (Lipinski definition) is 0. The summed E-state index contributed by atoms with van der Waals surface area (Å²) in [6.07, 6.45) is 0. The Morgan fingerprint density at radius 2 is 1.42 bits per heavy atom. The fourth-order valence-electron chi connectivity index (χ4n) is 3.12. The first-order chi connectivity index (χ1) is 10.8. The Labute approximate surface area is 161 Å². The van der Waals surface area contributed by atoms with E-state index in [4.69, 9.17) is 10.0 Å². The molecule has 1 aromatic carbocycles. The van der Waals surface area contributed by atoms with Crippen molar-refractivity contribution in [2.24, 2.45) is 0 Å². The molecule has 1 nitrogen and oxygen atoms in total. The van der Waals surface area contributed by atoms with Gasteiger partial charge in [0.1, 0.15) is 0 Å². The molecule has 0 fully saturated rings. The molecule has 136 valence electrons. The average molecular weight is 411 g/mol. The van der Waals surface area contributed by atoms with Gasteiger partial charge in [-0.2, -0.15) is 0 Å². The van der Waals surface area contributed by atoms with E-state index in [0.29, 0.717) is 12.1 Å². The van der Waals surface area contributed by atoms with E-state index in [-0.39, 0.29) is 10.8 Å². The van der Waals surface area contributed by atoms with Crippen molar-refractivity contribution in [2.45, 2.75) is 98.7 Å². The molecule has 0 heterocycles. The van der Waals surface area contributed by atoms with Crippen LogP contribution in [0.1, 0.15) is 85.9 Å². The van der Waals surface area contributed by atoms with Crippen LogP contribution in [0, 0.1) is 0 Å². The Balaban J connectivity index is 3.56. The number of nitrogens with zero attached hydrogens (tertiary/aromatic N) is 1. The molecule has 3 heteroatoms. The van der Waals surface area contributed by atoms with Gasteiger partial charge >= 0.3 is 161 Å². The molecule has 1 aromatic rings. The van der Waals surface area contributed by atoms with Gasteiger partial charge in [-0.15, -0.1) is 0 Å². The quantitative estimate of drug-likeness (QED) is 0.589. The number of benzene rings is 1. The molecule has 24 heavy (non-hydrogen) atoms. The van der Waals surface area contributed by atoms with Gasteiger partial charge in [0.05, 0.1) is 0 Å². The molecule has 0 aliphatic carbocycles. The monoisotopic (exact) mass is 411 g/mol. The predicted molar refractivity (Wildman–Crippen MR) is 111 cm³/mol. The molecular weight excluding hydrogens is 374 g/mol. The van der Waals surface area contributed by atoms with E-state index in [9.17, 15) is 0 Å². The molecule has 0 aromatic heterocycles. The molecule has 0 atom stereocenters. The van der Waals surface area contributed by atoms with Crippen molar-refractivity contribution in [1.29, 1.82) is 0 Å². The predicted octanol–water partition coefficient (Wildman–Crippen LogP) is 5.38. The summed E-state index contributed by atoms with van der Waals surface area (Å²) in [5.74, 6) is 0. The zero-order valence-electron chi connectivity index (χ0n) is 17.3. The molecule has 0 amide bonds. The minimum absolute atomic E-state index is 0.129. The van der Waals surface area contributed by atoms with Crippen molar-refractivity contribution in [1.82, 2.24) is 4.90 Å². The third-order valence-corrected chi connectivity index (χ3v) is 7.29. The molecule has 0 bridgehead atoms. The maximum absolute atomic E-state index is 6.56. The zero-order valence-corrected chi connectivity index (χ0v) is 20.2. The first-order valence-electron chi connectivity index (χ1n) is 9.09. The average Bonchev–Trinajstić information content (AvgIpc) is 2.40. The molecule has 2 radical (unpaired) electrons. The van der Waals surface area contributed by atoms with Gasteiger partial charge in [0.2, 0.25) is 0 Å². The second-order valence-electron chi connectivity index (χ2n) is 9.51. The van der Waals surface area contributed by atoms with Crippen molar-refractivity contribution in [2.75, 3.05) is 0 Å². The number of hydrogen-bond acceptors (Lipinski definition) is 1. The van der Waals surface area contributed by atoms with Crippen molar-refractivity contribution in [3.05, 3.63) is 28.8 Å². The van der Waals surface area contributed by atoms with Crippen LogP contribution < -0.4 is 4.40 Å². The standard InChI is InChI=1S/C21H36ClGeN/c1-14(2)24(15(3)4)13-16-11-17(20(5,6)7)12-18(19(16)23-22)21(8,9)10/h11-12,14-15H,13H2,1-10H3. The van der Waals surface area contributed by atoms with Gasteiger partial charge in [-0.1, -0.05) is 0 Å². The van der Waals surface area contributed by atoms with Crippen LogP contribution in [0.25, 0.3) is 0 Å². The molecule has 0 aliphatic rings. The third-order valence-electron chi connectivity index (χ3n) is 4.67. The van der Waals surface area contributed by atoms with Crippen molar-refractivity contribution < 1.29 is 0 Å². The second kappa shape index (κ2) is 8.14. The van der Waals surface area contributed by atoms with Gasteiger partial charge < -0.3 is 0 Å². The fourth-order valence-corrected chi connectivity index (χ4v) is 6.00. The minimum atomic E-state index is -0.619. The second-order valence-corrected chi connectivity index (χ2v) is 11.9. The van der Waals surface area contributed by atoms with E-state index in [1.165, 1.54) is 21.1 Å². The third kappa shape index (κ3) is 5.51. The van der Waals surface area contributed by atoms with Gasteiger partial charge in [0.15, 0.2) is 0 Å². The maximum atomic E-state index is 6.56. The Bertz CT molecular complexity index is 542. The van der Waals surface area contributed by atoms with Crippen LogP contribution in [0.2, 0.25) is 0 Å². The summed E-state index contributed by atoms with van der Waals surface area (Å²) in [5.41, 5.74) is 4.61. The normalized spacial score (nSPS) is 13.4. The summed E-state index contributed by atoms with van der Waals surface area (Å²) in [5, 5.41) is 0. The molecule has 0 aliphatic heterocycles. The Morgan fingerprint density at radius 3 is 1.75 bits per heavy atom. The van der Waals surface area contributed by atoms with E-state index in [1.807, 2.05) is 0 Å². The topological polar surface area (TPSA) is 3.24 Å². The van der Waals surface area contributed by atoms with Crippen molar-refractivity contribution in [3.63, 3.8) is 0 Å². The molecule has 0 unspecified atom stereocenters. The van der Waals surface area contributed by atoms with Crippen LogP contribution in [-0.4, -0.2) is 31.5 Å². The molecule has 1 rings (SSSR count). The van der Waals surface area contributed by atoms with Gasteiger partial charge in [-0.25, -0.2) is 0 Å². The van der Waals surface area contributed by atoms with E-state index in [0.717, 1.165) is 6.54 Å². The van der Waals surface area contributed by atoms with Crippen LogP contribution >= 0.6 is 10.0 Å². The summed E-state index contributed by atoms with van der Waals surface area (Å²) in [4.78, 5) is 2.57. The van der Waals surface area contributed by atoms with Crippen molar-refractivity contribution in [3.8, 4) is 0 Å². The SMILES string of the molecule is CC(C)N(Cc1cc(C(C)(C)C)cc(C(C)(C)C)[c]1[Ge][Cl])C(C)C. The Morgan fingerprint density at radius 1 is 0.917 bits per heavy atom. The fraction of sp³-hybridized carbons (Fsp3) is 0.714. The summed E-state index contributed by atoms with van der Waals surface area (Å²) in [6.45, 7) is 24.0. The van der Waals surface area contributed by atoms with E-state index >= 15 is 0 Å². The number of rotatable bonds is 5. The first-order valence-corrected chi connectivity index (χ1v) is 12.9. The molecule has 0 saturated heterocycles. The Kier molecular flexibility index (Phi) is 7.48. The van der Waals surface area contributed by atoms with Gasteiger partial charge in [-0.05, 0) is 0 Å². The van der Waals surface area contributed by atoms with Gasteiger partial charge in [-0.3, -0.25) is 0 Å². The van der Waals surface area contributed by atoms with E-state index < -0.39 is 14.5 Å². The van der Waals surface area contributed by atoms with Crippen LogP contribution in [0.5, 0.6) is 0 Å². The van der Waals surface area contributed by atoms with Gasteiger partial charge in [0.25, 0.3) is 0 Å². The molecule has 0 N–H and O–H groups in total. The van der Waals surface area contributed by atoms with Crippen LogP contribution in [0.4, 0.5) is 0 Å². The zero-order chi connectivity index (χ0) is 18.9. The van der Waals surface area contributed by atoms with Crippen molar-refractivity contribution >= 4 is 28.9 Å². The van der Waals surface area contributed by atoms with Crippen LogP contribution in [0.15, 0.2) is 12.1 Å². The molecule has 0 saturated carbocycles. The molecular formula is C21H36ClGeN. The number of halogens is 1. The summed E-state index contributed by atoms with van der Waals surface area (Å²) < 4.78 is 1.45. The summed E-state index contributed by atoms with van der Waals surface area (Å²) >= 11 is -0.619. The summed E-state index contributed by atoms with van der Waals surface area (Å²) in [6, 6.07) is 5.91. The first kappa shape index (κ1) is 22.1. The van der Waals surface area contributed by atoms with Crippen LogP contribution in [-0.2, 0) is 17.4 Å².